The van der Waals surface area contributed by atoms with E-state index in [1.54, 1.807) is 18.2 Å². The predicted molar refractivity (Wildman–Crippen MR) is 124 cm³/mol. The van der Waals surface area contributed by atoms with Crippen LogP contribution >= 0.6 is 0 Å². The van der Waals surface area contributed by atoms with E-state index in [4.69, 9.17) is 9.40 Å². The zero-order chi connectivity index (χ0) is 23.5. The van der Waals surface area contributed by atoms with Crippen molar-refractivity contribution in [3.8, 4) is 0 Å². The summed E-state index contributed by atoms with van der Waals surface area (Å²) in [5.74, 6) is 2.23. The van der Waals surface area contributed by atoms with Crippen LogP contribution in [0.5, 0.6) is 0 Å². The van der Waals surface area contributed by atoms with Crippen LogP contribution in [-0.4, -0.2) is 42.3 Å². The van der Waals surface area contributed by atoms with Gasteiger partial charge in [0.05, 0.1) is 22.0 Å². The largest absolute Gasteiger partial charge is 0.464 e. The molecule has 8 nitrogen and oxygen atoms in total. The fourth-order valence-corrected chi connectivity index (χ4v) is 4.51. The molecule has 2 heterocycles. The number of aryl methyl sites for hydroxylation is 3. The topological polar surface area (TPSA) is 97.4 Å². The van der Waals surface area contributed by atoms with Crippen LogP contribution in [0.2, 0.25) is 0 Å². The second-order valence-corrected chi connectivity index (χ2v) is 10.4. The van der Waals surface area contributed by atoms with Crippen molar-refractivity contribution >= 4 is 27.0 Å². The van der Waals surface area contributed by atoms with Crippen molar-refractivity contribution in [2.45, 2.75) is 63.9 Å². The second kappa shape index (κ2) is 9.87. The number of rotatable bonds is 10. The first kappa shape index (κ1) is 24.0. The quantitative estimate of drug-likeness (QED) is 0.496. The molecule has 0 aliphatic heterocycles. The van der Waals surface area contributed by atoms with Gasteiger partial charge in [0.25, 0.3) is 0 Å². The van der Waals surface area contributed by atoms with E-state index in [0.29, 0.717) is 11.9 Å². The molecule has 9 heteroatoms. The maximum atomic E-state index is 12.5. The van der Waals surface area contributed by atoms with Gasteiger partial charge in [-0.15, -0.1) is 0 Å². The van der Waals surface area contributed by atoms with Crippen LogP contribution in [0.3, 0.4) is 0 Å². The minimum atomic E-state index is -3.54. The summed E-state index contributed by atoms with van der Waals surface area (Å²) < 4.78 is 33.9. The number of furan rings is 1. The summed E-state index contributed by atoms with van der Waals surface area (Å²) in [5.41, 5.74) is 1.50. The highest BCUT2D eigenvalue weighted by Gasteiger charge is 2.20. The van der Waals surface area contributed by atoms with Crippen molar-refractivity contribution in [3.05, 3.63) is 47.7 Å². The van der Waals surface area contributed by atoms with Crippen LogP contribution in [0, 0.1) is 6.92 Å². The normalized spacial score (nSPS) is 13.1. The SMILES string of the molecule is CCCCn1c(CCC(=O)NC(C)c2ccc(C)o2)nc2cc(S(=O)(=O)N(C)C)ccc21. The monoisotopic (exact) mass is 460 g/mol. The van der Waals surface area contributed by atoms with E-state index < -0.39 is 10.0 Å². The molecule has 0 saturated carbocycles. The van der Waals surface area contributed by atoms with Crippen LogP contribution in [0.4, 0.5) is 0 Å². The van der Waals surface area contributed by atoms with Gasteiger partial charge in [-0.1, -0.05) is 13.3 Å². The van der Waals surface area contributed by atoms with Crippen molar-refractivity contribution in [2.24, 2.45) is 0 Å². The molecule has 1 atom stereocenters. The average Bonchev–Trinajstić information content (AvgIpc) is 3.33. The first-order valence-corrected chi connectivity index (χ1v) is 12.3. The number of carbonyl (C=O) groups excluding carboxylic acids is 1. The number of nitrogens with zero attached hydrogens (tertiary/aromatic N) is 3. The smallest absolute Gasteiger partial charge is 0.242 e. The van der Waals surface area contributed by atoms with E-state index in [1.807, 2.05) is 26.0 Å². The van der Waals surface area contributed by atoms with Crippen LogP contribution in [-0.2, 0) is 27.8 Å². The highest BCUT2D eigenvalue weighted by molar-refractivity contribution is 7.89. The Morgan fingerprint density at radius 3 is 2.62 bits per heavy atom. The number of hydrogen-bond acceptors (Lipinski definition) is 5. The molecule has 0 saturated heterocycles. The zero-order valence-electron chi connectivity index (χ0n) is 19.4. The Morgan fingerprint density at radius 2 is 2.00 bits per heavy atom. The first-order valence-electron chi connectivity index (χ1n) is 10.9. The number of fused-ring (bicyclic) bond motifs is 1. The lowest BCUT2D eigenvalue weighted by Crippen LogP contribution is -2.26. The molecule has 1 aromatic carbocycles. The predicted octanol–water partition coefficient (Wildman–Crippen LogP) is 3.80. The lowest BCUT2D eigenvalue weighted by Gasteiger charge is -2.12. The number of hydrogen-bond donors (Lipinski definition) is 1. The molecule has 0 aliphatic carbocycles. The minimum Gasteiger partial charge on any atom is -0.464 e. The maximum absolute atomic E-state index is 12.5. The van der Waals surface area contributed by atoms with Crippen molar-refractivity contribution in [1.29, 1.82) is 0 Å². The summed E-state index contributed by atoms with van der Waals surface area (Å²) in [4.78, 5) is 17.4. The molecule has 3 aromatic rings. The lowest BCUT2D eigenvalue weighted by atomic mass is 10.2. The Morgan fingerprint density at radius 1 is 1.25 bits per heavy atom. The molecule has 1 amide bonds. The van der Waals surface area contributed by atoms with Crippen molar-refractivity contribution in [3.63, 3.8) is 0 Å². The van der Waals surface area contributed by atoms with Gasteiger partial charge in [0, 0.05) is 33.5 Å². The van der Waals surface area contributed by atoms with Gasteiger partial charge in [-0.2, -0.15) is 0 Å². The number of unbranched alkanes of at least 4 members (excludes halogenated alkanes) is 1. The van der Waals surface area contributed by atoms with Crippen molar-refractivity contribution in [2.75, 3.05) is 14.1 Å². The number of carbonyl (C=O) groups is 1. The second-order valence-electron chi connectivity index (χ2n) is 8.21. The summed E-state index contributed by atoms with van der Waals surface area (Å²) in [6, 6.07) is 8.56. The van der Waals surface area contributed by atoms with E-state index in [9.17, 15) is 13.2 Å². The molecular weight excluding hydrogens is 428 g/mol. The summed E-state index contributed by atoms with van der Waals surface area (Å²) in [5, 5.41) is 2.96. The molecule has 1 unspecified atom stereocenters. The Balaban J connectivity index is 1.80. The number of nitrogens with one attached hydrogen (secondary N) is 1. The molecule has 2 aromatic heterocycles. The fourth-order valence-electron chi connectivity index (χ4n) is 3.58. The number of aromatic nitrogens is 2. The zero-order valence-corrected chi connectivity index (χ0v) is 20.2. The Hall–Kier alpha value is -2.65. The third-order valence-corrected chi connectivity index (χ3v) is 7.26. The third-order valence-electron chi connectivity index (χ3n) is 5.45. The van der Waals surface area contributed by atoms with Gasteiger partial charge in [-0.25, -0.2) is 17.7 Å². The van der Waals surface area contributed by atoms with Crippen molar-refractivity contribution in [1.82, 2.24) is 19.2 Å². The van der Waals surface area contributed by atoms with Crippen LogP contribution in [0.15, 0.2) is 39.6 Å². The van der Waals surface area contributed by atoms with Crippen LogP contribution in [0.1, 0.15) is 56.5 Å². The van der Waals surface area contributed by atoms with Crippen molar-refractivity contribution < 1.29 is 17.6 Å². The van der Waals surface area contributed by atoms with Crippen LogP contribution in [0.25, 0.3) is 11.0 Å². The minimum absolute atomic E-state index is 0.0866. The summed E-state index contributed by atoms with van der Waals surface area (Å²) >= 11 is 0. The van der Waals surface area contributed by atoms with E-state index in [-0.39, 0.29) is 23.3 Å². The van der Waals surface area contributed by atoms with Gasteiger partial charge in [0.1, 0.15) is 17.3 Å². The van der Waals surface area contributed by atoms with E-state index >= 15 is 0 Å². The Kier molecular flexibility index (Phi) is 7.40. The number of imidazole rings is 1. The first-order chi connectivity index (χ1) is 15.1. The highest BCUT2D eigenvalue weighted by atomic mass is 32.2. The molecule has 174 valence electrons. The van der Waals surface area contributed by atoms with Gasteiger partial charge in [0.15, 0.2) is 0 Å². The number of benzene rings is 1. The van der Waals surface area contributed by atoms with Gasteiger partial charge < -0.3 is 14.3 Å². The molecule has 3 rings (SSSR count). The molecule has 0 radical (unpaired) electrons. The standard InChI is InChI=1S/C23H32N4O4S/c1-6-7-14-27-20-10-9-18(32(29,30)26(4)5)15-19(20)25-22(27)12-13-23(28)24-17(3)21-11-8-16(2)31-21/h8-11,15,17H,6-7,12-14H2,1-5H3,(H,24,28). The molecule has 0 spiro atoms. The molecule has 1 N–H and O–H groups in total. The van der Waals surface area contributed by atoms with Gasteiger partial charge >= 0.3 is 0 Å². The maximum Gasteiger partial charge on any atom is 0.242 e. The summed E-state index contributed by atoms with van der Waals surface area (Å²) in [6.45, 7) is 6.64. The Labute approximate surface area is 189 Å². The van der Waals surface area contributed by atoms with E-state index in [2.05, 4.69) is 16.8 Å². The molecule has 0 bridgehead atoms. The van der Waals surface area contributed by atoms with Gasteiger partial charge in [-0.3, -0.25) is 4.79 Å². The fraction of sp³-hybridized carbons (Fsp3) is 0.478. The highest BCUT2D eigenvalue weighted by Crippen LogP contribution is 2.23. The molecule has 32 heavy (non-hydrogen) atoms. The number of amides is 1. The molecule has 0 fully saturated rings. The number of sulfonamides is 1. The summed E-state index contributed by atoms with van der Waals surface area (Å²) in [7, 11) is -0.525. The van der Waals surface area contributed by atoms with E-state index in [0.717, 1.165) is 42.2 Å². The molecular formula is C23H32N4O4S. The lowest BCUT2D eigenvalue weighted by molar-refractivity contribution is -0.121. The Bertz CT molecular complexity index is 1190. The van der Waals surface area contributed by atoms with Crippen LogP contribution < -0.4 is 5.32 Å². The van der Waals surface area contributed by atoms with Gasteiger partial charge in [-0.05, 0) is 50.6 Å². The third kappa shape index (κ3) is 5.21. The molecule has 0 aliphatic rings. The van der Waals surface area contributed by atoms with Gasteiger partial charge in [0.2, 0.25) is 15.9 Å². The summed E-state index contributed by atoms with van der Waals surface area (Å²) in [6.07, 6.45) is 2.73. The average molecular weight is 461 g/mol. The van der Waals surface area contributed by atoms with E-state index in [1.165, 1.54) is 18.4 Å².